The molecule has 0 bridgehead atoms. The number of hydrogen-bond acceptors (Lipinski definition) is 2. The van der Waals surface area contributed by atoms with Crippen molar-refractivity contribution in [1.82, 2.24) is 0 Å². The van der Waals surface area contributed by atoms with Crippen molar-refractivity contribution in [2.75, 3.05) is 0 Å². The molecule has 0 amide bonds. The van der Waals surface area contributed by atoms with Crippen molar-refractivity contribution in [2.24, 2.45) is 10.8 Å². The van der Waals surface area contributed by atoms with Crippen molar-refractivity contribution in [3.8, 4) is 0 Å². The third-order valence-electron chi connectivity index (χ3n) is 3.17. The van der Waals surface area contributed by atoms with Crippen LogP contribution in [0.25, 0.3) is 0 Å². The van der Waals surface area contributed by atoms with Crippen LogP contribution in [0.3, 0.4) is 0 Å². The minimum atomic E-state index is -4.34. The van der Waals surface area contributed by atoms with Crippen molar-refractivity contribution < 1.29 is 12.3 Å². The molecule has 0 spiro atoms. The van der Waals surface area contributed by atoms with Gasteiger partial charge in [0, 0.05) is 0 Å². The Balaban J connectivity index is 3.03. The summed E-state index contributed by atoms with van der Waals surface area (Å²) in [5, 5.41) is -0.817. The van der Waals surface area contributed by atoms with Crippen molar-refractivity contribution in [3.63, 3.8) is 0 Å². The first-order valence-corrected chi connectivity index (χ1v) is 5.00. The highest BCUT2D eigenvalue weighted by Gasteiger charge is 2.71. The summed E-state index contributed by atoms with van der Waals surface area (Å²) in [5.74, 6) is 0. The van der Waals surface area contributed by atoms with Crippen LogP contribution in [0.1, 0.15) is 27.7 Å². The van der Waals surface area contributed by atoms with Gasteiger partial charge in [-0.2, -0.15) is 8.42 Å². The van der Waals surface area contributed by atoms with Gasteiger partial charge in [0.05, 0.1) is 0 Å². The molecule has 1 aliphatic carbocycles. The molecule has 1 aliphatic rings. The van der Waals surface area contributed by atoms with Crippen molar-refractivity contribution in [1.29, 1.82) is 0 Å². The minimum absolute atomic E-state index is 0.416. The SMILES string of the molecule is CC1(C)C(S(=O)(=O)F)C1(C)C. The summed E-state index contributed by atoms with van der Waals surface area (Å²) in [5.41, 5.74) is -0.832. The molecule has 0 aromatic heterocycles. The molecular weight excluding hydrogens is 167 g/mol. The molecule has 0 atom stereocenters. The molecular formula is C7H13FO2S. The van der Waals surface area contributed by atoms with E-state index in [4.69, 9.17) is 0 Å². The van der Waals surface area contributed by atoms with Crippen molar-refractivity contribution in [3.05, 3.63) is 0 Å². The van der Waals surface area contributed by atoms with Crippen LogP contribution < -0.4 is 0 Å². The Morgan fingerprint density at radius 2 is 1.36 bits per heavy atom. The molecule has 1 rings (SSSR count). The van der Waals surface area contributed by atoms with E-state index in [9.17, 15) is 12.3 Å². The Labute approximate surface area is 67.0 Å². The molecule has 0 aliphatic heterocycles. The van der Waals surface area contributed by atoms with Crippen LogP contribution in [0.2, 0.25) is 0 Å². The molecule has 4 heteroatoms. The summed E-state index contributed by atoms with van der Waals surface area (Å²) < 4.78 is 33.7. The molecule has 0 heterocycles. The zero-order valence-electron chi connectivity index (χ0n) is 7.18. The van der Waals surface area contributed by atoms with E-state index in [0.717, 1.165) is 0 Å². The molecule has 0 radical (unpaired) electrons. The van der Waals surface area contributed by atoms with Gasteiger partial charge in [0.25, 0.3) is 0 Å². The van der Waals surface area contributed by atoms with Gasteiger partial charge in [-0.05, 0) is 10.8 Å². The third-order valence-corrected chi connectivity index (χ3v) is 4.91. The molecule has 66 valence electrons. The van der Waals surface area contributed by atoms with Crippen LogP contribution in [0.15, 0.2) is 0 Å². The van der Waals surface area contributed by atoms with Gasteiger partial charge in [-0.3, -0.25) is 0 Å². The van der Waals surface area contributed by atoms with Gasteiger partial charge in [-0.15, -0.1) is 3.89 Å². The molecule has 0 saturated heterocycles. The highest BCUT2D eigenvalue weighted by atomic mass is 32.3. The van der Waals surface area contributed by atoms with Crippen LogP contribution >= 0.6 is 0 Å². The second kappa shape index (κ2) is 1.79. The molecule has 0 unspecified atom stereocenters. The fraction of sp³-hybridized carbons (Fsp3) is 1.00. The molecule has 11 heavy (non-hydrogen) atoms. The maximum absolute atomic E-state index is 12.5. The standard InChI is InChI=1S/C7H13FO2S/c1-6(2)5(7(6,3)4)11(8,9)10/h5H,1-4H3. The predicted octanol–water partition coefficient (Wildman–Crippen LogP) is 1.72. The maximum atomic E-state index is 12.5. The van der Waals surface area contributed by atoms with Crippen LogP contribution in [0.4, 0.5) is 3.89 Å². The van der Waals surface area contributed by atoms with E-state index in [1.165, 1.54) is 0 Å². The fourth-order valence-electron chi connectivity index (χ4n) is 1.84. The van der Waals surface area contributed by atoms with E-state index in [1.807, 2.05) is 0 Å². The Hall–Kier alpha value is -0.120. The van der Waals surface area contributed by atoms with E-state index in [0.29, 0.717) is 0 Å². The first kappa shape index (κ1) is 8.97. The minimum Gasteiger partial charge on any atom is -0.195 e. The number of rotatable bonds is 1. The largest absolute Gasteiger partial charge is 0.306 e. The smallest absolute Gasteiger partial charge is 0.195 e. The monoisotopic (exact) mass is 180 g/mol. The second-order valence-corrected chi connectivity index (χ2v) is 5.72. The van der Waals surface area contributed by atoms with E-state index >= 15 is 0 Å². The molecule has 0 aromatic carbocycles. The molecule has 1 fully saturated rings. The first-order chi connectivity index (χ1) is 4.62. The highest BCUT2D eigenvalue weighted by molar-refractivity contribution is 7.87. The lowest BCUT2D eigenvalue weighted by molar-refractivity contribution is 0.457. The number of hydrogen-bond donors (Lipinski definition) is 0. The zero-order valence-corrected chi connectivity index (χ0v) is 8.00. The van der Waals surface area contributed by atoms with E-state index < -0.39 is 26.3 Å². The fourth-order valence-corrected chi connectivity index (χ4v) is 3.79. The summed E-state index contributed by atoms with van der Waals surface area (Å²) in [7, 11) is -4.34. The van der Waals surface area contributed by atoms with Crippen LogP contribution in [-0.4, -0.2) is 13.7 Å². The van der Waals surface area contributed by atoms with Gasteiger partial charge in [0.2, 0.25) is 0 Å². The summed E-state index contributed by atoms with van der Waals surface area (Å²) in [6.07, 6.45) is 0. The average Bonchev–Trinajstić information content (AvgIpc) is 1.93. The van der Waals surface area contributed by atoms with Crippen molar-refractivity contribution in [2.45, 2.75) is 32.9 Å². The Morgan fingerprint density at radius 3 is 1.36 bits per heavy atom. The Morgan fingerprint density at radius 1 is 1.09 bits per heavy atom. The van der Waals surface area contributed by atoms with Crippen LogP contribution in [0, 0.1) is 10.8 Å². The van der Waals surface area contributed by atoms with Crippen LogP contribution in [0.5, 0.6) is 0 Å². The Bertz CT molecular complexity index is 263. The van der Waals surface area contributed by atoms with Crippen LogP contribution in [-0.2, 0) is 10.2 Å². The zero-order chi connectivity index (χ0) is 9.08. The van der Waals surface area contributed by atoms with Gasteiger partial charge in [0.15, 0.2) is 0 Å². The number of halogens is 1. The summed E-state index contributed by atoms with van der Waals surface area (Å²) >= 11 is 0. The van der Waals surface area contributed by atoms with Gasteiger partial charge in [0.1, 0.15) is 5.25 Å². The predicted molar refractivity (Wildman–Crippen MR) is 41.4 cm³/mol. The lowest BCUT2D eigenvalue weighted by Crippen LogP contribution is -2.06. The van der Waals surface area contributed by atoms with Crippen molar-refractivity contribution >= 4 is 10.2 Å². The molecule has 0 aromatic rings. The van der Waals surface area contributed by atoms with Gasteiger partial charge in [-0.1, -0.05) is 27.7 Å². The van der Waals surface area contributed by atoms with E-state index in [2.05, 4.69) is 0 Å². The normalized spacial score (nSPS) is 28.5. The topological polar surface area (TPSA) is 34.1 Å². The van der Waals surface area contributed by atoms with E-state index in [1.54, 1.807) is 27.7 Å². The summed E-state index contributed by atoms with van der Waals surface area (Å²) in [6, 6.07) is 0. The lowest BCUT2D eigenvalue weighted by atomic mass is 10.0. The average molecular weight is 180 g/mol. The third kappa shape index (κ3) is 0.991. The first-order valence-electron chi connectivity index (χ1n) is 3.55. The summed E-state index contributed by atoms with van der Waals surface area (Å²) in [6.45, 7) is 7.09. The summed E-state index contributed by atoms with van der Waals surface area (Å²) in [4.78, 5) is 0. The van der Waals surface area contributed by atoms with E-state index in [-0.39, 0.29) is 0 Å². The molecule has 1 saturated carbocycles. The van der Waals surface area contributed by atoms with Gasteiger partial charge < -0.3 is 0 Å². The van der Waals surface area contributed by atoms with Gasteiger partial charge >= 0.3 is 10.2 Å². The molecule has 2 nitrogen and oxygen atoms in total. The molecule has 0 N–H and O–H groups in total. The van der Waals surface area contributed by atoms with Gasteiger partial charge in [-0.25, -0.2) is 0 Å². The quantitative estimate of drug-likeness (QED) is 0.576. The maximum Gasteiger partial charge on any atom is 0.306 e. The highest BCUT2D eigenvalue weighted by Crippen LogP contribution is 2.66. The Kier molecular flexibility index (Phi) is 1.46. The lowest BCUT2D eigenvalue weighted by Gasteiger charge is -2.02. The second-order valence-electron chi connectivity index (χ2n) is 4.30.